The lowest BCUT2D eigenvalue weighted by Gasteiger charge is -2.34. The van der Waals surface area contributed by atoms with Gasteiger partial charge >= 0.3 is 0 Å². The van der Waals surface area contributed by atoms with Crippen molar-refractivity contribution < 1.29 is 14.0 Å². The molecule has 26 heavy (non-hydrogen) atoms. The summed E-state index contributed by atoms with van der Waals surface area (Å²) >= 11 is 0.993. The lowest BCUT2D eigenvalue weighted by atomic mass is 9.72. The van der Waals surface area contributed by atoms with Crippen LogP contribution in [0.1, 0.15) is 19.4 Å². The molecule has 0 spiro atoms. The second kappa shape index (κ2) is 7.59. The molecule has 2 amide bonds. The van der Waals surface area contributed by atoms with E-state index in [1.165, 1.54) is 6.07 Å². The summed E-state index contributed by atoms with van der Waals surface area (Å²) in [6.45, 7) is 4.91. The zero-order chi connectivity index (χ0) is 19.5. The number of nitriles is 2. The van der Waals surface area contributed by atoms with Crippen molar-refractivity contribution >= 4 is 29.3 Å². The van der Waals surface area contributed by atoms with Crippen LogP contribution in [0, 0.1) is 46.7 Å². The van der Waals surface area contributed by atoms with Crippen molar-refractivity contribution in [1.82, 2.24) is 5.32 Å². The number of amides is 2. The van der Waals surface area contributed by atoms with Gasteiger partial charge in [0.25, 0.3) is 0 Å². The Balaban J connectivity index is 2.12. The molecule has 1 aliphatic heterocycles. The Hall–Kier alpha value is -2.84. The molecule has 0 fully saturated rings. The summed E-state index contributed by atoms with van der Waals surface area (Å²) in [6.07, 6.45) is 0. The van der Waals surface area contributed by atoms with E-state index in [-0.39, 0.29) is 16.4 Å². The van der Waals surface area contributed by atoms with Crippen LogP contribution in [0.4, 0.5) is 10.1 Å². The minimum atomic E-state index is -0.981. The SMILES string of the molecule is Cc1ccc(NC(=O)CSC2=C(C#N)C(C)(C)[C@@H](C#N)C(=O)N2)cc1F. The minimum absolute atomic E-state index is 0.0798. The van der Waals surface area contributed by atoms with Gasteiger partial charge in [0, 0.05) is 11.1 Å². The number of hydrogen-bond acceptors (Lipinski definition) is 5. The summed E-state index contributed by atoms with van der Waals surface area (Å²) in [4.78, 5) is 24.2. The molecule has 0 aromatic heterocycles. The van der Waals surface area contributed by atoms with Crippen LogP contribution in [0.5, 0.6) is 0 Å². The Labute approximate surface area is 155 Å². The maximum atomic E-state index is 13.5. The molecule has 0 radical (unpaired) electrons. The van der Waals surface area contributed by atoms with Gasteiger partial charge in [-0.1, -0.05) is 31.7 Å². The number of hydrogen-bond donors (Lipinski definition) is 2. The maximum absolute atomic E-state index is 13.5. The van der Waals surface area contributed by atoms with Gasteiger partial charge in [0.15, 0.2) is 0 Å². The molecule has 0 saturated heterocycles. The van der Waals surface area contributed by atoms with Gasteiger partial charge in [-0.25, -0.2) is 4.39 Å². The third-order valence-electron chi connectivity index (χ3n) is 4.14. The van der Waals surface area contributed by atoms with Crippen LogP contribution in [0.3, 0.4) is 0 Å². The lowest BCUT2D eigenvalue weighted by molar-refractivity contribution is -0.125. The Kier molecular flexibility index (Phi) is 5.69. The molecule has 1 aromatic carbocycles. The van der Waals surface area contributed by atoms with Crippen molar-refractivity contribution in [2.45, 2.75) is 20.8 Å². The fourth-order valence-electron chi connectivity index (χ4n) is 2.54. The van der Waals surface area contributed by atoms with Crippen molar-refractivity contribution in [2.24, 2.45) is 11.3 Å². The standard InChI is InChI=1S/C18H17FN4O2S/c1-10-4-5-11(6-14(10)19)22-15(24)9-26-17-13(8-21)18(2,3)12(7-20)16(25)23-17/h4-6,12H,9H2,1-3H3,(H,22,24)(H,23,25)/t12-/m0/s1. The molecule has 134 valence electrons. The number of thioether (sulfide) groups is 1. The molecule has 0 aliphatic carbocycles. The van der Waals surface area contributed by atoms with E-state index in [0.29, 0.717) is 11.3 Å². The quantitative estimate of drug-likeness (QED) is 0.845. The largest absolute Gasteiger partial charge is 0.325 e. The lowest BCUT2D eigenvalue weighted by Crippen LogP contribution is -2.44. The maximum Gasteiger partial charge on any atom is 0.243 e. The van der Waals surface area contributed by atoms with Crippen LogP contribution < -0.4 is 10.6 Å². The van der Waals surface area contributed by atoms with E-state index in [1.54, 1.807) is 32.9 Å². The first-order chi connectivity index (χ1) is 12.2. The van der Waals surface area contributed by atoms with Crippen LogP contribution in [0.25, 0.3) is 0 Å². The summed E-state index contributed by atoms with van der Waals surface area (Å²) < 4.78 is 13.5. The summed E-state index contributed by atoms with van der Waals surface area (Å²) in [5.41, 5.74) is 0.0963. The summed E-state index contributed by atoms with van der Waals surface area (Å²) in [7, 11) is 0. The van der Waals surface area contributed by atoms with Gasteiger partial charge in [0.2, 0.25) is 11.8 Å². The number of halogens is 1. The fourth-order valence-corrected chi connectivity index (χ4v) is 3.51. The highest BCUT2D eigenvalue weighted by molar-refractivity contribution is 8.03. The van der Waals surface area contributed by atoms with Crippen LogP contribution in [-0.2, 0) is 9.59 Å². The van der Waals surface area contributed by atoms with Crippen molar-refractivity contribution in [3.05, 3.63) is 40.2 Å². The van der Waals surface area contributed by atoms with Gasteiger partial charge in [-0.15, -0.1) is 0 Å². The number of benzene rings is 1. The highest BCUT2D eigenvalue weighted by Gasteiger charge is 2.44. The van der Waals surface area contributed by atoms with Crippen LogP contribution in [-0.4, -0.2) is 17.6 Å². The number of rotatable bonds is 4. The minimum Gasteiger partial charge on any atom is -0.325 e. The second-order valence-electron chi connectivity index (χ2n) is 6.39. The van der Waals surface area contributed by atoms with E-state index in [2.05, 4.69) is 10.6 Å². The number of anilines is 1. The van der Waals surface area contributed by atoms with Gasteiger partial charge in [-0.2, -0.15) is 10.5 Å². The molecular formula is C18H17FN4O2S. The van der Waals surface area contributed by atoms with Gasteiger partial charge in [-0.05, 0) is 24.6 Å². The molecular weight excluding hydrogens is 355 g/mol. The van der Waals surface area contributed by atoms with Crippen molar-refractivity contribution in [3.8, 4) is 12.1 Å². The molecule has 8 heteroatoms. The van der Waals surface area contributed by atoms with Crippen molar-refractivity contribution in [3.63, 3.8) is 0 Å². The highest BCUT2D eigenvalue weighted by Crippen LogP contribution is 2.41. The fraction of sp³-hybridized carbons (Fsp3) is 0.333. The first-order valence-corrected chi connectivity index (χ1v) is 8.73. The predicted octanol–water partition coefficient (Wildman–Crippen LogP) is 2.84. The smallest absolute Gasteiger partial charge is 0.243 e. The molecule has 2 rings (SSSR count). The second-order valence-corrected chi connectivity index (χ2v) is 7.38. The number of nitrogens with zero attached hydrogens (tertiary/aromatic N) is 2. The first-order valence-electron chi connectivity index (χ1n) is 7.74. The van der Waals surface area contributed by atoms with Gasteiger partial charge in [0.05, 0.1) is 28.5 Å². The highest BCUT2D eigenvalue weighted by atomic mass is 32.2. The summed E-state index contributed by atoms with van der Waals surface area (Å²) in [6, 6.07) is 8.31. The van der Waals surface area contributed by atoms with Gasteiger partial charge in [0.1, 0.15) is 11.7 Å². The first kappa shape index (κ1) is 19.5. The number of allylic oxidation sites excluding steroid dienone is 1. The van der Waals surface area contributed by atoms with Crippen LogP contribution in [0.15, 0.2) is 28.8 Å². The van der Waals surface area contributed by atoms with E-state index in [9.17, 15) is 24.5 Å². The molecule has 1 heterocycles. The van der Waals surface area contributed by atoms with E-state index in [4.69, 9.17) is 0 Å². The van der Waals surface area contributed by atoms with E-state index < -0.39 is 29.0 Å². The van der Waals surface area contributed by atoms with E-state index in [1.807, 2.05) is 12.1 Å². The average molecular weight is 372 g/mol. The van der Waals surface area contributed by atoms with Crippen LogP contribution in [0.2, 0.25) is 0 Å². The van der Waals surface area contributed by atoms with Crippen molar-refractivity contribution in [2.75, 3.05) is 11.1 Å². The van der Waals surface area contributed by atoms with Crippen molar-refractivity contribution in [1.29, 1.82) is 10.5 Å². The van der Waals surface area contributed by atoms with E-state index >= 15 is 0 Å². The zero-order valence-electron chi connectivity index (χ0n) is 14.5. The number of carbonyl (C=O) groups excluding carboxylic acids is 2. The third kappa shape index (κ3) is 3.87. The van der Waals surface area contributed by atoms with Crippen LogP contribution >= 0.6 is 11.8 Å². The number of aryl methyl sites for hydroxylation is 1. The Morgan fingerprint density at radius 2 is 2.12 bits per heavy atom. The molecule has 2 N–H and O–H groups in total. The summed E-state index contributed by atoms with van der Waals surface area (Å²) in [5, 5.41) is 24.0. The predicted molar refractivity (Wildman–Crippen MR) is 95.9 cm³/mol. The molecule has 0 unspecified atom stereocenters. The zero-order valence-corrected chi connectivity index (χ0v) is 15.3. The Morgan fingerprint density at radius 1 is 1.42 bits per heavy atom. The molecule has 1 aromatic rings. The normalized spacial score (nSPS) is 18.5. The monoisotopic (exact) mass is 372 g/mol. The van der Waals surface area contributed by atoms with Gasteiger partial charge in [-0.3, -0.25) is 9.59 Å². The molecule has 1 atom stereocenters. The molecule has 0 bridgehead atoms. The average Bonchev–Trinajstić information content (AvgIpc) is 2.56. The summed E-state index contributed by atoms with van der Waals surface area (Å²) in [5.74, 6) is -2.39. The Bertz CT molecular complexity index is 880. The van der Waals surface area contributed by atoms with Gasteiger partial charge < -0.3 is 10.6 Å². The van der Waals surface area contributed by atoms with E-state index in [0.717, 1.165) is 11.8 Å². The molecule has 1 aliphatic rings. The molecule has 0 saturated carbocycles. The number of nitrogens with one attached hydrogen (secondary N) is 2. The molecule has 6 nitrogen and oxygen atoms in total. The number of carbonyl (C=O) groups is 2. The Morgan fingerprint density at radius 3 is 2.69 bits per heavy atom. The topological polar surface area (TPSA) is 106 Å². The third-order valence-corrected chi connectivity index (χ3v) is 5.14.